The Balaban J connectivity index is 0.000000797. The van der Waals surface area contributed by atoms with Gasteiger partial charge < -0.3 is 5.11 Å². The zero-order valence-corrected chi connectivity index (χ0v) is 23.8. The van der Waals surface area contributed by atoms with E-state index in [-0.39, 0.29) is 16.1 Å². The molecule has 2 unspecified atom stereocenters. The van der Waals surface area contributed by atoms with Gasteiger partial charge in [-0.2, -0.15) is 0 Å². The molecule has 0 amide bonds. The highest BCUT2D eigenvalue weighted by molar-refractivity contribution is 7.97. The number of allylic oxidation sites excluding steroid dienone is 3. The number of hydrogen-bond acceptors (Lipinski definition) is 3. The lowest BCUT2D eigenvalue weighted by Gasteiger charge is -2.22. The third-order valence-corrected chi connectivity index (χ3v) is 10.4. The molecule has 0 aliphatic heterocycles. The molecule has 1 N–H and O–H groups in total. The van der Waals surface area contributed by atoms with Gasteiger partial charge in [0.05, 0.1) is 21.0 Å². The van der Waals surface area contributed by atoms with Crippen LogP contribution in [-0.2, 0) is 20.7 Å². The number of sulfone groups is 1. The molecule has 0 aromatic heterocycles. The first kappa shape index (κ1) is 31.2. The summed E-state index contributed by atoms with van der Waals surface area (Å²) in [6.07, 6.45) is 15.8. The van der Waals surface area contributed by atoms with E-state index in [0.29, 0.717) is 10.1 Å². The minimum atomic E-state index is -3.22. The fraction of sp³-hybridized carbons (Fsp3) is 0.467. The average Bonchev–Trinajstić information content (AvgIpc) is 2.94. The van der Waals surface area contributed by atoms with Crippen LogP contribution >= 0.6 is 0 Å². The smallest absolute Gasteiger partial charge is 0.181 e. The molecule has 0 heterocycles. The molecular weight excluding hydrogens is 472 g/mol. The van der Waals surface area contributed by atoms with Gasteiger partial charge in [0.15, 0.2) is 24.9 Å². The number of rotatable bonds is 5. The van der Waals surface area contributed by atoms with Gasteiger partial charge in [0.2, 0.25) is 0 Å². The normalized spacial score (nSPS) is 18.1. The molecule has 4 rings (SSSR count). The van der Waals surface area contributed by atoms with Gasteiger partial charge in [-0.1, -0.05) is 89.8 Å². The van der Waals surface area contributed by atoms with Crippen molar-refractivity contribution in [2.24, 2.45) is 0 Å². The summed E-state index contributed by atoms with van der Waals surface area (Å²) in [4.78, 5) is 2.99. The number of benzene rings is 2. The van der Waals surface area contributed by atoms with Crippen molar-refractivity contribution in [2.75, 3.05) is 7.11 Å². The molecule has 194 valence electrons. The first-order chi connectivity index (χ1) is 17.1. The third kappa shape index (κ3) is 9.29. The minimum Gasteiger partial charge on any atom is -0.400 e. The van der Waals surface area contributed by atoms with Crippen LogP contribution in [0.5, 0.6) is 0 Å². The quantitative estimate of drug-likeness (QED) is 0.412. The van der Waals surface area contributed by atoms with Crippen LogP contribution in [0.15, 0.2) is 93.6 Å². The molecular formula is C30H45O3S2+. The molecule has 0 radical (unpaired) electrons. The predicted molar refractivity (Wildman–Crippen MR) is 153 cm³/mol. The topological polar surface area (TPSA) is 54.4 Å². The average molecular weight is 518 g/mol. The van der Waals surface area contributed by atoms with Crippen LogP contribution in [0.1, 0.15) is 72.6 Å². The van der Waals surface area contributed by atoms with Crippen LogP contribution < -0.4 is 0 Å². The summed E-state index contributed by atoms with van der Waals surface area (Å²) >= 11 is 0. The maximum Gasteiger partial charge on any atom is 0.181 e. The summed E-state index contributed by atoms with van der Waals surface area (Å²) in [7, 11) is -2.33. The van der Waals surface area contributed by atoms with Gasteiger partial charge in [0.25, 0.3) is 0 Å². The Morgan fingerprint density at radius 2 is 1.37 bits per heavy atom. The zero-order valence-electron chi connectivity index (χ0n) is 22.2. The summed E-state index contributed by atoms with van der Waals surface area (Å²) in [5.74, 6) is 0. The Morgan fingerprint density at radius 3 is 1.89 bits per heavy atom. The summed E-state index contributed by atoms with van der Waals surface area (Å²) in [6.45, 7) is 8.25. The minimum absolute atomic E-state index is 0.110. The molecule has 5 heteroatoms. The van der Waals surface area contributed by atoms with Crippen molar-refractivity contribution in [3.63, 3.8) is 0 Å². The monoisotopic (exact) mass is 517 g/mol. The van der Waals surface area contributed by atoms with Crippen LogP contribution in [0.3, 0.4) is 0 Å². The van der Waals surface area contributed by atoms with E-state index in [4.69, 9.17) is 5.11 Å². The molecule has 2 aromatic rings. The Morgan fingerprint density at radius 1 is 0.829 bits per heavy atom. The molecule has 2 aromatic carbocycles. The maximum atomic E-state index is 13.0. The van der Waals surface area contributed by atoms with Gasteiger partial charge >= 0.3 is 0 Å². The van der Waals surface area contributed by atoms with Gasteiger partial charge in [-0.25, -0.2) is 8.42 Å². The Bertz CT molecular complexity index is 958. The molecule has 1 saturated carbocycles. The molecule has 2 atom stereocenters. The number of aliphatic hydroxyl groups excluding tert-OH is 1. The van der Waals surface area contributed by atoms with Gasteiger partial charge in [-0.3, -0.25) is 0 Å². The predicted octanol–water partition coefficient (Wildman–Crippen LogP) is 7.77. The largest absolute Gasteiger partial charge is 0.400 e. The van der Waals surface area contributed by atoms with Crippen LogP contribution in [0.2, 0.25) is 0 Å². The fourth-order valence-electron chi connectivity index (χ4n) is 4.13. The second-order valence-electron chi connectivity index (χ2n) is 8.22. The van der Waals surface area contributed by atoms with E-state index in [0.717, 1.165) is 45.6 Å². The van der Waals surface area contributed by atoms with Gasteiger partial charge in [0.1, 0.15) is 0 Å². The van der Waals surface area contributed by atoms with Gasteiger partial charge in [-0.15, -0.1) is 0 Å². The third-order valence-electron chi connectivity index (χ3n) is 5.64. The lowest BCUT2D eigenvalue weighted by Crippen LogP contribution is -2.24. The Kier molecular flexibility index (Phi) is 15.7. The highest BCUT2D eigenvalue weighted by Crippen LogP contribution is 2.33. The van der Waals surface area contributed by atoms with Crippen molar-refractivity contribution in [1.82, 2.24) is 0 Å². The first-order valence-corrected chi connectivity index (χ1v) is 15.8. The molecule has 2 aliphatic rings. The van der Waals surface area contributed by atoms with Crippen molar-refractivity contribution >= 4 is 20.7 Å². The molecule has 1 fully saturated rings. The van der Waals surface area contributed by atoms with Crippen LogP contribution in [-0.4, -0.2) is 31.1 Å². The van der Waals surface area contributed by atoms with Crippen LogP contribution in [0.25, 0.3) is 0 Å². The summed E-state index contributed by atoms with van der Waals surface area (Å²) in [5, 5.41) is 7.21. The highest BCUT2D eigenvalue weighted by atomic mass is 32.2. The zero-order chi connectivity index (χ0) is 26.1. The molecule has 2 aliphatic carbocycles. The lowest BCUT2D eigenvalue weighted by molar-refractivity contribution is 0.399. The standard InChI is InChI=1S/C24H27O2S2.C3H8.C2H6.CH4O/c25-28(26,23-14-8-3-9-15-23)24-18-16-22(17-19-24)27(20-10-4-1-5-11-20)21-12-6-2-7-13-21;1-3-2;2*1-2/h1-2,4-7,10-12,16-19,21,23H,3,8-9,13-15H2;3H2,1-2H3;1-2H3;2H,1H3/q+1;;;. The van der Waals surface area contributed by atoms with E-state index in [1.165, 1.54) is 16.2 Å². The molecule has 0 spiro atoms. The molecule has 3 nitrogen and oxygen atoms in total. The van der Waals surface area contributed by atoms with Gasteiger partial charge in [0, 0.05) is 13.5 Å². The van der Waals surface area contributed by atoms with Crippen molar-refractivity contribution in [2.45, 2.75) is 97.8 Å². The highest BCUT2D eigenvalue weighted by Gasteiger charge is 2.35. The first-order valence-electron chi connectivity index (χ1n) is 13.0. The van der Waals surface area contributed by atoms with E-state index in [2.05, 4.69) is 62.4 Å². The van der Waals surface area contributed by atoms with Crippen LogP contribution in [0, 0.1) is 0 Å². The van der Waals surface area contributed by atoms with Gasteiger partial charge in [-0.05, 0) is 55.3 Å². The second-order valence-corrected chi connectivity index (χ2v) is 12.7. The lowest BCUT2D eigenvalue weighted by atomic mass is 10.0. The molecule has 0 saturated heterocycles. The molecule has 35 heavy (non-hydrogen) atoms. The van der Waals surface area contributed by atoms with Crippen molar-refractivity contribution < 1.29 is 13.5 Å². The second kappa shape index (κ2) is 17.6. The maximum absolute atomic E-state index is 13.0. The van der Waals surface area contributed by atoms with E-state index >= 15 is 0 Å². The number of hydrogen-bond donors (Lipinski definition) is 1. The fourth-order valence-corrected chi connectivity index (χ4v) is 8.39. The Labute approximate surface area is 217 Å². The van der Waals surface area contributed by atoms with Crippen LogP contribution in [0.4, 0.5) is 0 Å². The van der Waals surface area contributed by atoms with E-state index in [1.54, 1.807) is 0 Å². The van der Waals surface area contributed by atoms with Crippen molar-refractivity contribution in [1.29, 1.82) is 0 Å². The summed E-state index contributed by atoms with van der Waals surface area (Å²) in [5.41, 5.74) is 0. The van der Waals surface area contributed by atoms with E-state index < -0.39 is 9.84 Å². The van der Waals surface area contributed by atoms with Crippen molar-refractivity contribution in [3.8, 4) is 0 Å². The number of aliphatic hydroxyl groups is 1. The van der Waals surface area contributed by atoms with E-state index in [9.17, 15) is 8.42 Å². The Hall–Kier alpha value is -1.82. The molecule has 0 bridgehead atoms. The summed E-state index contributed by atoms with van der Waals surface area (Å²) in [6, 6.07) is 18.3. The summed E-state index contributed by atoms with van der Waals surface area (Å²) < 4.78 is 26.0. The van der Waals surface area contributed by atoms with Crippen molar-refractivity contribution in [3.05, 3.63) is 78.9 Å². The SMILES string of the molecule is CC.CCC.CO.O=S(=O)(c1ccc([S+](c2ccccc2)C2C=CC=CC2)cc1)C1CCCCC1. The van der Waals surface area contributed by atoms with E-state index in [1.807, 2.05) is 44.2 Å².